The Morgan fingerprint density at radius 1 is 1.12 bits per heavy atom. The number of thioether (sulfide) groups is 1. The Balaban J connectivity index is 1.51. The van der Waals surface area contributed by atoms with Crippen LogP contribution in [0, 0.1) is 13.8 Å². The first-order valence-electron chi connectivity index (χ1n) is 7.43. The summed E-state index contributed by atoms with van der Waals surface area (Å²) in [5.41, 5.74) is 4.03. The summed E-state index contributed by atoms with van der Waals surface area (Å²) in [6.45, 7) is 4.02. The van der Waals surface area contributed by atoms with Crippen LogP contribution in [0.3, 0.4) is 0 Å². The predicted molar refractivity (Wildman–Crippen MR) is 102 cm³/mol. The summed E-state index contributed by atoms with van der Waals surface area (Å²) >= 11 is 4.86. The van der Waals surface area contributed by atoms with E-state index in [4.69, 9.17) is 0 Å². The van der Waals surface area contributed by atoms with Gasteiger partial charge in [-0.2, -0.15) is 0 Å². The first-order chi connectivity index (χ1) is 11.6. The molecule has 2 aromatic heterocycles. The van der Waals surface area contributed by atoms with Crippen LogP contribution in [0.15, 0.2) is 39.4 Å². The van der Waals surface area contributed by atoms with E-state index in [9.17, 15) is 4.79 Å². The largest absolute Gasteiger partial charge is 0.326 e. The summed E-state index contributed by atoms with van der Waals surface area (Å²) in [6.07, 6.45) is 0.305. The van der Waals surface area contributed by atoms with Crippen molar-refractivity contribution < 1.29 is 4.79 Å². The predicted octanol–water partition coefficient (Wildman–Crippen LogP) is 4.69. The Labute approximate surface area is 153 Å². The van der Waals surface area contributed by atoms with E-state index in [1.54, 1.807) is 23.1 Å². The van der Waals surface area contributed by atoms with E-state index >= 15 is 0 Å². The molecule has 4 nitrogen and oxygen atoms in total. The zero-order chi connectivity index (χ0) is 16.9. The van der Waals surface area contributed by atoms with Crippen LogP contribution < -0.4 is 5.32 Å². The van der Waals surface area contributed by atoms with Crippen LogP contribution in [0.4, 0.5) is 5.69 Å². The molecular weight excluding hydrogens is 358 g/mol. The fourth-order valence-electron chi connectivity index (χ4n) is 2.01. The zero-order valence-electron chi connectivity index (χ0n) is 13.4. The van der Waals surface area contributed by atoms with Gasteiger partial charge in [0.2, 0.25) is 5.91 Å². The minimum atomic E-state index is -0.0389. The molecule has 7 heteroatoms. The maximum atomic E-state index is 12.1. The number of rotatable bonds is 6. The highest BCUT2D eigenvalue weighted by Gasteiger charge is 2.09. The molecule has 0 saturated carbocycles. The lowest BCUT2D eigenvalue weighted by Gasteiger charge is -2.04. The van der Waals surface area contributed by atoms with E-state index in [1.165, 1.54) is 16.9 Å². The number of nitrogens with one attached hydrogen (secondary N) is 1. The topological polar surface area (TPSA) is 54.9 Å². The van der Waals surface area contributed by atoms with Crippen LogP contribution in [0.1, 0.15) is 22.0 Å². The van der Waals surface area contributed by atoms with Crippen molar-refractivity contribution in [2.75, 3.05) is 5.32 Å². The Morgan fingerprint density at radius 2 is 1.92 bits per heavy atom. The average Bonchev–Trinajstić information content (AvgIpc) is 3.16. The fourth-order valence-corrected chi connectivity index (χ4v) is 4.65. The SMILES string of the molecule is Cc1ccc(NC(=O)Cc2nc(CSc3nc(C)cs3)cs2)cc1. The number of aromatic nitrogens is 2. The Morgan fingerprint density at radius 3 is 2.62 bits per heavy atom. The van der Waals surface area contributed by atoms with Crippen molar-refractivity contribution in [3.63, 3.8) is 0 Å². The Kier molecular flexibility index (Phi) is 5.65. The van der Waals surface area contributed by atoms with Crippen LogP contribution in [-0.4, -0.2) is 15.9 Å². The van der Waals surface area contributed by atoms with Gasteiger partial charge in [-0.25, -0.2) is 9.97 Å². The molecule has 24 heavy (non-hydrogen) atoms. The van der Waals surface area contributed by atoms with E-state index in [0.29, 0.717) is 6.42 Å². The number of aryl methyl sites for hydroxylation is 2. The molecule has 3 aromatic rings. The summed E-state index contributed by atoms with van der Waals surface area (Å²) in [6, 6.07) is 7.78. The smallest absolute Gasteiger partial charge is 0.231 e. The monoisotopic (exact) mass is 375 g/mol. The van der Waals surface area contributed by atoms with Gasteiger partial charge in [-0.1, -0.05) is 29.5 Å². The summed E-state index contributed by atoms with van der Waals surface area (Å²) in [7, 11) is 0. The first kappa shape index (κ1) is 17.1. The van der Waals surface area contributed by atoms with Crippen LogP contribution in [0.25, 0.3) is 0 Å². The standard InChI is InChI=1S/C17H17N3OS3/c1-11-3-5-13(6-4-11)19-15(21)7-16-20-14(9-22-16)10-24-17-18-12(2)8-23-17/h3-6,8-9H,7,10H2,1-2H3,(H,19,21). The van der Waals surface area contributed by atoms with Gasteiger partial charge in [0.1, 0.15) is 9.35 Å². The van der Waals surface area contributed by atoms with Gasteiger partial charge in [0.25, 0.3) is 0 Å². The van der Waals surface area contributed by atoms with Crippen molar-refractivity contribution in [1.82, 2.24) is 9.97 Å². The molecule has 2 heterocycles. The summed E-state index contributed by atoms with van der Waals surface area (Å²) in [4.78, 5) is 21.1. The molecule has 0 bridgehead atoms. The molecule has 0 saturated heterocycles. The molecule has 0 atom stereocenters. The molecule has 0 aliphatic carbocycles. The van der Waals surface area contributed by atoms with Crippen LogP contribution in [0.2, 0.25) is 0 Å². The lowest BCUT2D eigenvalue weighted by Crippen LogP contribution is -2.14. The maximum absolute atomic E-state index is 12.1. The zero-order valence-corrected chi connectivity index (χ0v) is 15.9. The van der Waals surface area contributed by atoms with Gasteiger partial charge in [0.15, 0.2) is 0 Å². The van der Waals surface area contributed by atoms with Gasteiger partial charge in [0.05, 0.1) is 12.1 Å². The van der Waals surface area contributed by atoms with Gasteiger partial charge in [0, 0.05) is 27.9 Å². The molecule has 0 aliphatic rings. The molecule has 0 unspecified atom stereocenters. The minimum Gasteiger partial charge on any atom is -0.326 e. The normalized spacial score (nSPS) is 10.8. The molecular formula is C17H17N3OS3. The van der Waals surface area contributed by atoms with Crippen LogP contribution >= 0.6 is 34.4 Å². The second kappa shape index (κ2) is 7.92. The van der Waals surface area contributed by atoms with Gasteiger partial charge in [-0.05, 0) is 26.0 Å². The first-order valence-corrected chi connectivity index (χ1v) is 10.2. The number of hydrogen-bond acceptors (Lipinski definition) is 6. The molecule has 0 spiro atoms. The van der Waals surface area contributed by atoms with Crippen molar-refractivity contribution in [2.45, 2.75) is 30.4 Å². The third kappa shape index (κ3) is 4.90. The number of carbonyl (C=O) groups is 1. The fraction of sp³-hybridized carbons (Fsp3) is 0.235. The van der Waals surface area contributed by atoms with Crippen molar-refractivity contribution in [3.05, 3.63) is 57.0 Å². The number of thiazole rings is 2. The number of carbonyl (C=O) groups excluding carboxylic acids is 1. The summed E-state index contributed by atoms with van der Waals surface area (Å²) < 4.78 is 1.05. The third-order valence-electron chi connectivity index (χ3n) is 3.19. The molecule has 1 N–H and O–H groups in total. The van der Waals surface area contributed by atoms with Gasteiger partial charge >= 0.3 is 0 Å². The molecule has 1 amide bonds. The molecule has 3 rings (SSSR count). The van der Waals surface area contributed by atoms with Gasteiger partial charge in [-0.3, -0.25) is 4.79 Å². The van der Waals surface area contributed by atoms with Crippen LogP contribution in [0.5, 0.6) is 0 Å². The number of benzene rings is 1. The number of nitrogens with zero attached hydrogens (tertiary/aromatic N) is 2. The third-order valence-corrected chi connectivity index (χ3v) is 6.26. The van der Waals surface area contributed by atoms with Crippen molar-refractivity contribution >= 4 is 46.0 Å². The Bertz CT molecular complexity index is 824. The highest BCUT2D eigenvalue weighted by molar-refractivity contribution is 8.00. The van der Waals surface area contributed by atoms with E-state index in [0.717, 1.165) is 32.2 Å². The minimum absolute atomic E-state index is 0.0389. The molecule has 0 fully saturated rings. The van der Waals surface area contributed by atoms with Crippen molar-refractivity contribution in [2.24, 2.45) is 0 Å². The van der Waals surface area contributed by atoms with E-state index in [-0.39, 0.29) is 5.91 Å². The number of amides is 1. The van der Waals surface area contributed by atoms with E-state index < -0.39 is 0 Å². The van der Waals surface area contributed by atoms with Crippen LogP contribution in [-0.2, 0) is 17.0 Å². The second-order valence-electron chi connectivity index (χ2n) is 5.37. The number of anilines is 1. The van der Waals surface area contributed by atoms with E-state index in [2.05, 4.69) is 15.3 Å². The van der Waals surface area contributed by atoms with Crippen molar-refractivity contribution in [3.8, 4) is 0 Å². The maximum Gasteiger partial charge on any atom is 0.231 e. The lowest BCUT2D eigenvalue weighted by molar-refractivity contribution is -0.115. The molecule has 1 aromatic carbocycles. The quantitative estimate of drug-likeness (QED) is 0.635. The Hall–Kier alpha value is -1.70. The van der Waals surface area contributed by atoms with Gasteiger partial charge < -0.3 is 5.32 Å². The molecule has 0 aliphatic heterocycles. The highest BCUT2D eigenvalue weighted by atomic mass is 32.2. The van der Waals surface area contributed by atoms with Crippen molar-refractivity contribution in [1.29, 1.82) is 0 Å². The lowest BCUT2D eigenvalue weighted by atomic mass is 10.2. The van der Waals surface area contributed by atoms with Gasteiger partial charge in [-0.15, -0.1) is 22.7 Å². The number of hydrogen-bond donors (Lipinski definition) is 1. The van der Waals surface area contributed by atoms with E-state index in [1.807, 2.05) is 48.9 Å². The molecule has 124 valence electrons. The second-order valence-corrected chi connectivity index (χ2v) is 8.39. The molecule has 0 radical (unpaired) electrons. The average molecular weight is 376 g/mol. The summed E-state index contributed by atoms with van der Waals surface area (Å²) in [5.74, 6) is 0.742. The highest BCUT2D eigenvalue weighted by Crippen LogP contribution is 2.26. The summed E-state index contributed by atoms with van der Waals surface area (Å²) in [5, 5.41) is 7.80.